The van der Waals surface area contributed by atoms with Crippen LogP contribution < -0.4 is 16.0 Å². The van der Waals surface area contributed by atoms with E-state index in [0.717, 1.165) is 38.4 Å². The lowest BCUT2D eigenvalue weighted by atomic mass is 9.79. The predicted molar refractivity (Wildman–Crippen MR) is 98.6 cm³/mol. The summed E-state index contributed by atoms with van der Waals surface area (Å²) in [5.74, 6) is 0.802. The van der Waals surface area contributed by atoms with Crippen molar-refractivity contribution >= 4 is 29.2 Å². The Morgan fingerprint density at radius 3 is 2.68 bits per heavy atom. The molecule has 25 heavy (non-hydrogen) atoms. The number of urea groups is 1. The molecule has 3 N–H and O–H groups in total. The summed E-state index contributed by atoms with van der Waals surface area (Å²) >= 11 is 1.75. The predicted octanol–water partition coefficient (Wildman–Crippen LogP) is 1.44. The van der Waals surface area contributed by atoms with Crippen LogP contribution in [0.15, 0.2) is 16.4 Å². The number of thiophene rings is 1. The number of rotatable bonds is 3. The fraction of sp³-hybridized carbons (Fsp3) is 0.588. The van der Waals surface area contributed by atoms with Gasteiger partial charge in [0.1, 0.15) is 5.54 Å². The molecule has 136 valence electrons. The molecular weight excluding hydrogens is 338 g/mol. The maximum absolute atomic E-state index is 12.1. The average molecular weight is 363 g/mol. The van der Waals surface area contributed by atoms with E-state index in [1.54, 1.807) is 18.4 Å². The third kappa shape index (κ3) is 3.49. The van der Waals surface area contributed by atoms with Gasteiger partial charge in [0.25, 0.3) is 5.91 Å². The molecule has 0 bridgehead atoms. The Morgan fingerprint density at radius 2 is 2.16 bits per heavy atom. The highest BCUT2D eigenvalue weighted by Crippen LogP contribution is 2.30. The fourth-order valence-corrected chi connectivity index (χ4v) is 4.44. The number of hydrogen-bond acceptors (Lipinski definition) is 4. The first-order valence-electron chi connectivity index (χ1n) is 8.56. The van der Waals surface area contributed by atoms with Crippen molar-refractivity contribution < 1.29 is 9.59 Å². The van der Waals surface area contributed by atoms with Crippen LogP contribution in [0.4, 0.5) is 4.79 Å². The van der Waals surface area contributed by atoms with Crippen LogP contribution in [0.25, 0.3) is 0 Å². The van der Waals surface area contributed by atoms with Gasteiger partial charge in [-0.25, -0.2) is 4.79 Å². The molecule has 0 aliphatic carbocycles. The van der Waals surface area contributed by atoms with Gasteiger partial charge in [-0.1, -0.05) is 0 Å². The second-order valence-electron chi connectivity index (χ2n) is 6.80. The number of aryl methyl sites for hydroxylation is 1. The van der Waals surface area contributed by atoms with Crippen LogP contribution >= 0.6 is 11.3 Å². The van der Waals surface area contributed by atoms with Crippen molar-refractivity contribution in [2.45, 2.75) is 38.8 Å². The number of hydrogen-bond donors (Lipinski definition) is 3. The number of piperidine rings is 1. The molecule has 1 atom stereocenters. The number of carbonyl (C=O) groups is 2. The van der Waals surface area contributed by atoms with Crippen molar-refractivity contribution in [3.05, 3.63) is 21.9 Å². The largest absolute Gasteiger partial charge is 0.351 e. The molecule has 3 amide bonds. The summed E-state index contributed by atoms with van der Waals surface area (Å²) in [6, 6.07) is 1.73. The third-order valence-corrected chi connectivity index (χ3v) is 6.29. The van der Waals surface area contributed by atoms with Crippen molar-refractivity contribution in [1.29, 1.82) is 0 Å². The van der Waals surface area contributed by atoms with E-state index in [9.17, 15) is 9.59 Å². The van der Waals surface area contributed by atoms with Crippen LogP contribution in [-0.4, -0.2) is 48.5 Å². The molecule has 1 aromatic rings. The minimum absolute atomic E-state index is 0.132. The summed E-state index contributed by atoms with van der Waals surface area (Å²) in [5.41, 5.74) is 0.497. The van der Waals surface area contributed by atoms with E-state index in [1.165, 1.54) is 10.4 Å². The molecule has 0 radical (unpaired) electrons. The second-order valence-corrected chi connectivity index (χ2v) is 7.80. The number of aliphatic imine (C=N–C) groups is 1. The van der Waals surface area contributed by atoms with Gasteiger partial charge in [0, 0.05) is 25.0 Å². The van der Waals surface area contributed by atoms with Crippen molar-refractivity contribution in [3.63, 3.8) is 0 Å². The Hall–Kier alpha value is -2.09. The first kappa shape index (κ1) is 17.7. The maximum Gasteiger partial charge on any atom is 0.322 e. The fourth-order valence-electron chi connectivity index (χ4n) is 3.59. The Morgan fingerprint density at radius 1 is 1.44 bits per heavy atom. The van der Waals surface area contributed by atoms with Crippen LogP contribution in [0, 0.1) is 12.8 Å². The Balaban J connectivity index is 1.56. The number of carbonyl (C=O) groups excluding carboxylic acids is 2. The van der Waals surface area contributed by atoms with E-state index >= 15 is 0 Å². The molecule has 2 aliphatic rings. The van der Waals surface area contributed by atoms with E-state index in [1.807, 2.05) is 6.92 Å². The Bertz CT molecular complexity index is 693. The lowest BCUT2D eigenvalue weighted by Crippen LogP contribution is -2.55. The zero-order chi connectivity index (χ0) is 18.0. The average Bonchev–Trinajstić information content (AvgIpc) is 3.12. The van der Waals surface area contributed by atoms with Gasteiger partial charge < -0.3 is 15.5 Å². The van der Waals surface area contributed by atoms with Gasteiger partial charge in [0.15, 0.2) is 5.96 Å². The van der Waals surface area contributed by atoms with Crippen molar-refractivity contribution in [2.24, 2.45) is 10.9 Å². The van der Waals surface area contributed by atoms with Crippen LogP contribution in [-0.2, 0) is 11.3 Å². The summed E-state index contributed by atoms with van der Waals surface area (Å²) in [7, 11) is 1.79. The Kier molecular flexibility index (Phi) is 4.99. The quantitative estimate of drug-likeness (QED) is 0.431. The minimum atomic E-state index is -0.797. The first-order valence-corrected chi connectivity index (χ1v) is 9.44. The van der Waals surface area contributed by atoms with E-state index < -0.39 is 11.6 Å². The normalized spacial score (nSPS) is 25.1. The highest BCUT2D eigenvalue weighted by molar-refractivity contribution is 7.10. The molecule has 3 rings (SSSR count). The van der Waals surface area contributed by atoms with E-state index in [2.05, 4.69) is 44.2 Å². The molecule has 3 heterocycles. The van der Waals surface area contributed by atoms with Gasteiger partial charge in [-0.15, -0.1) is 11.3 Å². The van der Waals surface area contributed by atoms with Crippen molar-refractivity contribution in [3.8, 4) is 0 Å². The summed E-state index contributed by atoms with van der Waals surface area (Å²) in [6.45, 7) is 6.33. The lowest BCUT2D eigenvalue weighted by Gasteiger charge is -2.39. The van der Waals surface area contributed by atoms with Gasteiger partial charge >= 0.3 is 6.03 Å². The second kappa shape index (κ2) is 7.03. The molecule has 1 unspecified atom stereocenters. The highest BCUT2D eigenvalue weighted by atomic mass is 32.1. The summed E-state index contributed by atoms with van der Waals surface area (Å²) in [4.78, 5) is 31.5. The molecule has 8 heteroatoms. The van der Waals surface area contributed by atoms with Crippen LogP contribution in [0.1, 0.15) is 30.2 Å². The van der Waals surface area contributed by atoms with E-state index in [-0.39, 0.29) is 11.8 Å². The molecule has 0 aromatic carbocycles. The molecule has 2 saturated heterocycles. The summed E-state index contributed by atoms with van der Waals surface area (Å²) < 4.78 is 0. The van der Waals surface area contributed by atoms with E-state index in [4.69, 9.17) is 0 Å². The lowest BCUT2D eigenvalue weighted by molar-refractivity contribution is -0.125. The van der Waals surface area contributed by atoms with Crippen LogP contribution in [0.2, 0.25) is 0 Å². The van der Waals surface area contributed by atoms with Crippen molar-refractivity contribution in [2.75, 3.05) is 20.1 Å². The summed E-state index contributed by atoms with van der Waals surface area (Å²) in [6.07, 6.45) is 1.67. The molecule has 7 nitrogen and oxygen atoms in total. The number of guanidine groups is 1. The van der Waals surface area contributed by atoms with Gasteiger partial charge in [0.2, 0.25) is 0 Å². The van der Waals surface area contributed by atoms with Gasteiger partial charge in [-0.3, -0.25) is 15.1 Å². The highest BCUT2D eigenvalue weighted by Gasteiger charge is 2.48. The molecule has 0 saturated carbocycles. The standard InChI is InChI=1S/C17H25N5O2S/c1-11-6-9-25-13(11)10-19-15(18-3)22-7-4-12(5-8-22)17(2)14(23)20-16(24)21-17/h6,9,12H,4-5,7-8,10H2,1-3H3,(H,18,19)(H2,20,21,23,24). The third-order valence-electron chi connectivity index (χ3n) is 5.27. The van der Waals surface area contributed by atoms with Gasteiger partial charge in [0.05, 0.1) is 6.54 Å². The van der Waals surface area contributed by atoms with Crippen LogP contribution in [0.3, 0.4) is 0 Å². The topological polar surface area (TPSA) is 85.8 Å². The molecule has 2 aliphatic heterocycles. The number of amides is 3. The number of nitrogens with one attached hydrogen (secondary N) is 3. The maximum atomic E-state index is 12.1. The smallest absolute Gasteiger partial charge is 0.322 e. The first-order chi connectivity index (χ1) is 11.9. The number of nitrogens with zero attached hydrogens (tertiary/aromatic N) is 2. The Labute approximate surface area is 151 Å². The van der Waals surface area contributed by atoms with Crippen molar-refractivity contribution in [1.82, 2.24) is 20.9 Å². The van der Waals surface area contributed by atoms with E-state index in [0.29, 0.717) is 0 Å². The minimum Gasteiger partial charge on any atom is -0.351 e. The van der Waals surface area contributed by atoms with Crippen LogP contribution in [0.5, 0.6) is 0 Å². The molecule has 0 spiro atoms. The molecule has 1 aromatic heterocycles. The number of imide groups is 1. The van der Waals surface area contributed by atoms with Gasteiger partial charge in [-0.2, -0.15) is 0 Å². The zero-order valence-corrected chi connectivity index (χ0v) is 15.7. The zero-order valence-electron chi connectivity index (χ0n) is 14.9. The summed E-state index contributed by atoms with van der Waals surface area (Å²) in [5, 5.41) is 10.7. The molecular formula is C17H25N5O2S. The molecule has 2 fully saturated rings. The monoisotopic (exact) mass is 363 g/mol. The van der Waals surface area contributed by atoms with Gasteiger partial charge in [-0.05, 0) is 49.6 Å². The number of likely N-dealkylation sites (tertiary alicyclic amines) is 1. The SMILES string of the molecule is CN=C(NCc1sccc1C)N1CCC(C2(C)NC(=O)NC2=O)CC1.